The number of anilines is 2. The van der Waals surface area contributed by atoms with E-state index in [2.05, 4.69) is 62.9 Å². The fourth-order valence-electron chi connectivity index (χ4n) is 2.83. The van der Waals surface area contributed by atoms with Gasteiger partial charge >= 0.3 is 0 Å². The van der Waals surface area contributed by atoms with E-state index in [-0.39, 0.29) is 0 Å². The first-order chi connectivity index (χ1) is 9.66. The van der Waals surface area contributed by atoms with E-state index < -0.39 is 0 Å². The predicted octanol–water partition coefficient (Wildman–Crippen LogP) is 3.22. The van der Waals surface area contributed by atoms with Crippen LogP contribution in [0.25, 0.3) is 0 Å². The quantitative estimate of drug-likeness (QED) is 0.812. The molecule has 0 amide bonds. The van der Waals surface area contributed by atoms with E-state index in [0.717, 1.165) is 41.0 Å². The van der Waals surface area contributed by atoms with Gasteiger partial charge in [0.15, 0.2) is 0 Å². The van der Waals surface area contributed by atoms with Gasteiger partial charge in [0.25, 0.3) is 0 Å². The Morgan fingerprint density at radius 2 is 1.85 bits per heavy atom. The molecule has 106 valence electrons. The first-order valence-electron chi connectivity index (χ1n) is 6.97. The Hall–Kier alpha value is -1.24. The summed E-state index contributed by atoms with van der Waals surface area (Å²) in [6.07, 6.45) is 2.19. The molecule has 2 heterocycles. The molecule has 3 rings (SSSR count). The minimum atomic E-state index is 0.428. The van der Waals surface area contributed by atoms with Crippen LogP contribution in [0.5, 0.6) is 0 Å². The second-order valence-corrected chi connectivity index (χ2v) is 6.36. The maximum Gasteiger partial charge on any atom is 0.135 e. The highest BCUT2D eigenvalue weighted by atomic mass is 127. The lowest BCUT2D eigenvalue weighted by molar-refractivity contribution is 0.370. The van der Waals surface area contributed by atoms with Crippen LogP contribution in [-0.2, 0) is 0 Å². The Labute approximate surface area is 133 Å². The second kappa shape index (κ2) is 5.63. The third-order valence-corrected chi connectivity index (χ3v) is 5.31. The number of nitrogens with zero attached hydrogens (tertiary/aromatic N) is 3. The van der Waals surface area contributed by atoms with E-state index in [1.54, 1.807) is 0 Å². The van der Waals surface area contributed by atoms with Gasteiger partial charge in [-0.05, 0) is 54.5 Å². The number of piperidine rings is 1. The fraction of sp³-hybridized carbons (Fsp3) is 0.400. The lowest BCUT2D eigenvalue weighted by Crippen LogP contribution is -2.35. The number of nitrogen functional groups attached to an aromatic ring is 1. The molecule has 1 saturated heterocycles. The summed E-state index contributed by atoms with van der Waals surface area (Å²) in [6, 6.07) is 11.0. The van der Waals surface area contributed by atoms with Crippen LogP contribution in [0.4, 0.5) is 11.5 Å². The maximum atomic E-state index is 6.16. The molecule has 1 aliphatic heterocycles. The van der Waals surface area contributed by atoms with Crippen LogP contribution in [-0.4, -0.2) is 22.9 Å². The lowest BCUT2D eigenvalue weighted by Gasteiger charge is -2.34. The topological polar surface area (TPSA) is 47.1 Å². The zero-order chi connectivity index (χ0) is 14.1. The monoisotopic (exact) mass is 382 g/mol. The summed E-state index contributed by atoms with van der Waals surface area (Å²) in [5, 5.41) is 4.60. The van der Waals surface area contributed by atoms with Gasteiger partial charge in [-0.15, -0.1) is 0 Å². The molecule has 0 radical (unpaired) electrons. The Balaban J connectivity index is 1.71. The third kappa shape index (κ3) is 2.51. The number of benzene rings is 1. The van der Waals surface area contributed by atoms with E-state index in [1.807, 2.05) is 11.6 Å². The van der Waals surface area contributed by atoms with Crippen molar-refractivity contribution in [2.45, 2.75) is 25.8 Å². The van der Waals surface area contributed by atoms with Crippen molar-refractivity contribution in [3.05, 3.63) is 39.6 Å². The van der Waals surface area contributed by atoms with Gasteiger partial charge in [-0.3, -0.25) is 0 Å². The number of para-hydroxylation sites is 1. The molecule has 1 aliphatic rings. The van der Waals surface area contributed by atoms with Crippen molar-refractivity contribution >= 4 is 34.1 Å². The minimum Gasteiger partial charge on any atom is -0.383 e. The van der Waals surface area contributed by atoms with Crippen molar-refractivity contribution in [3.63, 3.8) is 0 Å². The number of aryl methyl sites for hydroxylation is 1. The maximum absolute atomic E-state index is 6.16. The molecule has 0 saturated carbocycles. The number of halogens is 1. The second-order valence-electron chi connectivity index (χ2n) is 5.28. The lowest BCUT2D eigenvalue weighted by atomic mass is 10.0. The fourth-order valence-corrected chi connectivity index (χ4v) is 3.19. The van der Waals surface area contributed by atoms with Gasteiger partial charge in [0.1, 0.15) is 5.82 Å². The molecule has 20 heavy (non-hydrogen) atoms. The van der Waals surface area contributed by atoms with Crippen molar-refractivity contribution in [1.82, 2.24) is 9.78 Å². The zero-order valence-corrected chi connectivity index (χ0v) is 13.7. The van der Waals surface area contributed by atoms with Gasteiger partial charge < -0.3 is 10.6 Å². The first kappa shape index (κ1) is 13.7. The molecule has 1 aromatic heterocycles. The van der Waals surface area contributed by atoms with Gasteiger partial charge in [0.2, 0.25) is 0 Å². The normalized spacial score (nSPS) is 16.6. The Morgan fingerprint density at radius 3 is 2.40 bits per heavy atom. The summed E-state index contributed by atoms with van der Waals surface area (Å²) in [6.45, 7) is 4.14. The molecule has 0 spiro atoms. The van der Waals surface area contributed by atoms with Crippen LogP contribution in [0.1, 0.15) is 24.6 Å². The summed E-state index contributed by atoms with van der Waals surface area (Å²) >= 11 is 2.28. The zero-order valence-electron chi connectivity index (χ0n) is 11.6. The molecule has 0 bridgehead atoms. The van der Waals surface area contributed by atoms with Crippen molar-refractivity contribution in [2.24, 2.45) is 0 Å². The van der Waals surface area contributed by atoms with Crippen LogP contribution in [0.3, 0.4) is 0 Å². The van der Waals surface area contributed by atoms with Gasteiger partial charge in [-0.2, -0.15) is 5.10 Å². The van der Waals surface area contributed by atoms with Crippen LogP contribution in [0.15, 0.2) is 30.3 Å². The van der Waals surface area contributed by atoms with Crippen molar-refractivity contribution in [3.8, 4) is 0 Å². The molecule has 5 heteroatoms. The Morgan fingerprint density at radius 1 is 1.20 bits per heavy atom. The number of rotatable bonds is 2. The molecule has 0 atom stereocenters. The SMILES string of the molecule is Cc1nn(C2CCN(c3ccccc3)CC2)c(N)c1I. The van der Waals surface area contributed by atoms with Crippen LogP contribution < -0.4 is 10.6 Å². The molecule has 2 N–H and O–H groups in total. The van der Waals surface area contributed by atoms with Gasteiger partial charge in [0, 0.05) is 18.8 Å². The summed E-state index contributed by atoms with van der Waals surface area (Å²) in [7, 11) is 0. The van der Waals surface area contributed by atoms with Gasteiger partial charge in [-0.1, -0.05) is 18.2 Å². The van der Waals surface area contributed by atoms with Crippen LogP contribution >= 0.6 is 22.6 Å². The predicted molar refractivity (Wildman–Crippen MR) is 91.0 cm³/mol. The third-order valence-electron chi connectivity index (χ3n) is 3.98. The van der Waals surface area contributed by atoms with E-state index in [9.17, 15) is 0 Å². The summed E-state index contributed by atoms with van der Waals surface area (Å²) in [5.74, 6) is 0.821. The van der Waals surface area contributed by atoms with Crippen LogP contribution in [0, 0.1) is 10.5 Å². The number of nitrogens with two attached hydrogens (primary N) is 1. The summed E-state index contributed by atoms with van der Waals surface area (Å²) in [5.41, 5.74) is 8.51. The number of hydrogen-bond acceptors (Lipinski definition) is 3. The first-order valence-corrected chi connectivity index (χ1v) is 8.05. The molecule has 0 unspecified atom stereocenters. The van der Waals surface area contributed by atoms with E-state index in [1.165, 1.54) is 5.69 Å². The molecule has 1 aromatic carbocycles. The average Bonchev–Trinajstić information content (AvgIpc) is 2.76. The van der Waals surface area contributed by atoms with Crippen molar-refractivity contribution in [1.29, 1.82) is 0 Å². The molecule has 0 aliphatic carbocycles. The highest BCUT2D eigenvalue weighted by Crippen LogP contribution is 2.30. The summed E-state index contributed by atoms with van der Waals surface area (Å²) < 4.78 is 3.12. The molecule has 4 nitrogen and oxygen atoms in total. The van der Waals surface area contributed by atoms with E-state index >= 15 is 0 Å². The molecular formula is C15H19IN4. The van der Waals surface area contributed by atoms with Gasteiger partial charge in [-0.25, -0.2) is 4.68 Å². The Bertz CT molecular complexity index is 585. The Kier molecular flexibility index (Phi) is 3.87. The van der Waals surface area contributed by atoms with E-state index in [0.29, 0.717) is 6.04 Å². The van der Waals surface area contributed by atoms with E-state index in [4.69, 9.17) is 5.73 Å². The largest absolute Gasteiger partial charge is 0.383 e. The molecular weight excluding hydrogens is 363 g/mol. The van der Waals surface area contributed by atoms with Gasteiger partial charge in [0.05, 0.1) is 15.3 Å². The molecule has 2 aromatic rings. The highest BCUT2D eigenvalue weighted by molar-refractivity contribution is 14.1. The highest BCUT2D eigenvalue weighted by Gasteiger charge is 2.24. The summed E-state index contributed by atoms with van der Waals surface area (Å²) in [4.78, 5) is 2.44. The standard InChI is InChI=1S/C15H19IN4/c1-11-14(16)15(17)20(18-11)13-7-9-19(10-8-13)12-5-3-2-4-6-12/h2-6,13H,7-10,17H2,1H3. The minimum absolute atomic E-state index is 0.428. The number of aromatic nitrogens is 2. The van der Waals surface area contributed by atoms with Crippen LogP contribution in [0.2, 0.25) is 0 Å². The van der Waals surface area contributed by atoms with Crippen molar-refractivity contribution < 1.29 is 0 Å². The number of hydrogen-bond donors (Lipinski definition) is 1. The van der Waals surface area contributed by atoms with Crippen molar-refractivity contribution in [2.75, 3.05) is 23.7 Å². The smallest absolute Gasteiger partial charge is 0.135 e. The average molecular weight is 382 g/mol. The molecule has 1 fully saturated rings.